The second kappa shape index (κ2) is 5.84. The first-order valence-electron chi connectivity index (χ1n) is 9.05. The Bertz CT molecular complexity index is 1110. The van der Waals surface area contributed by atoms with E-state index in [0.29, 0.717) is 0 Å². The zero-order valence-corrected chi connectivity index (χ0v) is 14.5. The monoisotopic (exact) mass is 358 g/mol. The van der Waals surface area contributed by atoms with E-state index in [2.05, 4.69) is 47.8 Å². The minimum atomic E-state index is -0.534. The molecule has 0 aromatic heterocycles. The van der Waals surface area contributed by atoms with Crippen LogP contribution in [-0.4, -0.2) is 10.0 Å². The molecule has 5 nitrogen and oxygen atoms in total. The number of nitro groups is 1. The number of allylic oxidation sites excluding steroid dienone is 2. The first-order valence-corrected chi connectivity index (χ1v) is 9.05. The van der Waals surface area contributed by atoms with E-state index >= 15 is 0 Å². The van der Waals surface area contributed by atoms with E-state index in [0.717, 1.165) is 17.7 Å². The standard InChI is InChI=1S/C22H18N2O3/c25-20-11-9-14(12-19(20)24(26)27)22-17-7-3-6-16(17)21-15-5-2-1-4-13(15)8-10-18(21)23-22/h1-6,8-12,16-17,22-23,25H,7H2/t16-,17-,22-/m0/s1. The van der Waals surface area contributed by atoms with Crippen LogP contribution in [0.25, 0.3) is 10.8 Å². The molecule has 2 aliphatic rings. The van der Waals surface area contributed by atoms with Crippen molar-refractivity contribution in [1.82, 2.24) is 0 Å². The van der Waals surface area contributed by atoms with E-state index in [-0.39, 0.29) is 29.3 Å². The smallest absolute Gasteiger partial charge is 0.311 e. The molecule has 134 valence electrons. The second-order valence-electron chi connectivity index (χ2n) is 7.23. The van der Waals surface area contributed by atoms with Crippen molar-refractivity contribution in [3.05, 3.63) is 88.0 Å². The van der Waals surface area contributed by atoms with Gasteiger partial charge in [-0.05, 0) is 46.4 Å². The fourth-order valence-electron chi connectivity index (χ4n) is 4.59. The molecule has 0 bridgehead atoms. The Hall–Kier alpha value is -3.34. The SMILES string of the molecule is O=[N+]([O-])c1cc([C@@H]2Nc3ccc4ccccc4c3[C@H]3C=CC[C@@H]32)ccc1O. The molecule has 0 saturated carbocycles. The number of hydrogen-bond donors (Lipinski definition) is 2. The number of nitrogens with one attached hydrogen (secondary N) is 1. The van der Waals surface area contributed by atoms with E-state index in [4.69, 9.17) is 0 Å². The lowest BCUT2D eigenvalue weighted by Gasteiger charge is -2.38. The van der Waals surface area contributed by atoms with Gasteiger partial charge in [0.1, 0.15) is 0 Å². The molecule has 5 heteroatoms. The van der Waals surface area contributed by atoms with Crippen LogP contribution in [0.2, 0.25) is 0 Å². The van der Waals surface area contributed by atoms with Crippen molar-refractivity contribution < 1.29 is 10.0 Å². The van der Waals surface area contributed by atoms with Crippen molar-refractivity contribution in [1.29, 1.82) is 0 Å². The molecule has 2 N–H and O–H groups in total. The molecule has 3 aromatic rings. The Labute approximate surface area is 156 Å². The summed E-state index contributed by atoms with van der Waals surface area (Å²) in [4.78, 5) is 10.7. The minimum absolute atomic E-state index is 0.0436. The van der Waals surface area contributed by atoms with Crippen LogP contribution in [0.5, 0.6) is 5.75 Å². The molecule has 0 amide bonds. The summed E-state index contributed by atoms with van der Waals surface area (Å²) in [6.45, 7) is 0. The highest BCUT2D eigenvalue weighted by Gasteiger charge is 2.39. The quantitative estimate of drug-likeness (QED) is 0.371. The molecule has 27 heavy (non-hydrogen) atoms. The Morgan fingerprint density at radius 2 is 1.96 bits per heavy atom. The zero-order valence-electron chi connectivity index (χ0n) is 14.5. The molecule has 0 fully saturated rings. The second-order valence-corrected chi connectivity index (χ2v) is 7.23. The molecule has 3 aromatic carbocycles. The number of aromatic hydroxyl groups is 1. The van der Waals surface area contributed by atoms with Crippen LogP contribution in [0.4, 0.5) is 11.4 Å². The number of nitro benzene ring substituents is 1. The summed E-state index contributed by atoms with van der Waals surface area (Å²) in [6.07, 6.45) is 5.38. The van der Waals surface area contributed by atoms with Gasteiger partial charge in [0.05, 0.1) is 11.0 Å². The van der Waals surface area contributed by atoms with Gasteiger partial charge in [0.15, 0.2) is 5.75 Å². The summed E-state index contributed by atoms with van der Waals surface area (Å²) in [5, 5.41) is 27.1. The molecule has 0 saturated heterocycles. The van der Waals surface area contributed by atoms with Gasteiger partial charge in [0.2, 0.25) is 0 Å². The lowest BCUT2D eigenvalue weighted by Crippen LogP contribution is -2.29. The van der Waals surface area contributed by atoms with Crippen LogP contribution in [0, 0.1) is 16.0 Å². The van der Waals surface area contributed by atoms with Gasteiger partial charge in [0, 0.05) is 17.7 Å². The van der Waals surface area contributed by atoms with Gasteiger partial charge >= 0.3 is 5.69 Å². The first-order chi connectivity index (χ1) is 13.1. The minimum Gasteiger partial charge on any atom is -0.502 e. The molecule has 0 radical (unpaired) electrons. The van der Waals surface area contributed by atoms with E-state index in [1.54, 1.807) is 6.07 Å². The van der Waals surface area contributed by atoms with Crippen LogP contribution >= 0.6 is 0 Å². The fourth-order valence-corrected chi connectivity index (χ4v) is 4.59. The van der Waals surface area contributed by atoms with Gasteiger partial charge in [-0.15, -0.1) is 0 Å². The number of benzene rings is 3. The molecule has 1 heterocycles. The van der Waals surface area contributed by atoms with Crippen LogP contribution in [0.15, 0.2) is 66.7 Å². The van der Waals surface area contributed by atoms with Crippen LogP contribution < -0.4 is 5.32 Å². The van der Waals surface area contributed by atoms with Crippen molar-refractivity contribution in [3.8, 4) is 5.75 Å². The van der Waals surface area contributed by atoms with Crippen molar-refractivity contribution in [2.24, 2.45) is 5.92 Å². The predicted octanol–water partition coefficient (Wildman–Crippen LogP) is 5.28. The third-order valence-electron chi connectivity index (χ3n) is 5.81. The third kappa shape index (κ3) is 2.39. The van der Waals surface area contributed by atoms with Crippen molar-refractivity contribution >= 4 is 22.1 Å². The number of fused-ring (bicyclic) bond motifs is 5. The number of phenols is 1. The Kier molecular flexibility index (Phi) is 3.44. The van der Waals surface area contributed by atoms with Gasteiger partial charge in [-0.3, -0.25) is 10.1 Å². The predicted molar refractivity (Wildman–Crippen MR) is 105 cm³/mol. The molecule has 1 aliphatic heterocycles. The first kappa shape index (κ1) is 15.9. The van der Waals surface area contributed by atoms with Crippen molar-refractivity contribution in [2.75, 3.05) is 5.32 Å². The lowest BCUT2D eigenvalue weighted by atomic mass is 9.75. The Morgan fingerprint density at radius 1 is 1.11 bits per heavy atom. The highest BCUT2D eigenvalue weighted by molar-refractivity contribution is 5.91. The molecule has 0 unspecified atom stereocenters. The lowest BCUT2D eigenvalue weighted by molar-refractivity contribution is -0.385. The molecular formula is C22H18N2O3. The average Bonchev–Trinajstić information content (AvgIpc) is 3.17. The molecule has 1 aliphatic carbocycles. The highest BCUT2D eigenvalue weighted by atomic mass is 16.6. The van der Waals surface area contributed by atoms with Gasteiger partial charge in [-0.25, -0.2) is 0 Å². The summed E-state index contributed by atoms with van der Waals surface area (Å²) >= 11 is 0. The third-order valence-corrected chi connectivity index (χ3v) is 5.81. The van der Waals surface area contributed by atoms with Crippen LogP contribution in [0.3, 0.4) is 0 Å². The number of hydrogen-bond acceptors (Lipinski definition) is 4. The van der Waals surface area contributed by atoms with Crippen LogP contribution in [-0.2, 0) is 0 Å². The summed E-state index contributed by atoms with van der Waals surface area (Å²) < 4.78 is 0. The van der Waals surface area contributed by atoms with E-state index in [1.807, 2.05) is 6.07 Å². The van der Waals surface area contributed by atoms with E-state index in [1.165, 1.54) is 28.5 Å². The van der Waals surface area contributed by atoms with E-state index < -0.39 is 4.92 Å². The van der Waals surface area contributed by atoms with Crippen molar-refractivity contribution in [3.63, 3.8) is 0 Å². The normalized spacial score (nSPS) is 22.9. The maximum atomic E-state index is 11.2. The number of phenolic OH excluding ortho intramolecular Hbond substituents is 1. The molecule has 3 atom stereocenters. The van der Waals surface area contributed by atoms with Gasteiger partial charge in [-0.2, -0.15) is 0 Å². The Balaban J connectivity index is 1.65. The highest BCUT2D eigenvalue weighted by Crippen LogP contribution is 2.52. The summed E-state index contributed by atoms with van der Waals surface area (Å²) in [5.74, 6) is 0.254. The average molecular weight is 358 g/mol. The van der Waals surface area contributed by atoms with Crippen molar-refractivity contribution in [2.45, 2.75) is 18.4 Å². The fraction of sp³-hybridized carbons (Fsp3) is 0.182. The maximum absolute atomic E-state index is 11.2. The molecular weight excluding hydrogens is 340 g/mol. The number of anilines is 1. The Morgan fingerprint density at radius 3 is 2.81 bits per heavy atom. The van der Waals surface area contributed by atoms with Gasteiger partial charge in [0.25, 0.3) is 0 Å². The summed E-state index contributed by atoms with van der Waals surface area (Å²) in [6, 6.07) is 17.2. The summed E-state index contributed by atoms with van der Waals surface area (Å²) in [5.41, 5.74) is 2.96. The number of nitrogens with zero attached hydrogens (tertiary/aromatic N) is 1. The number of rotatable bonds is 2. The zero-order chi connectivity index (χ0) is 18.5. The largest absolute Gasteiger partial charge is 0.502 e. The van der Waals surface area contributed by atoms with Gasteiger partial charge in [-0.1, -0.05) is 48.6 Å². The summed E-state index contributed by atoms with van der Waals surface area (Å²) in [7, 11) is 0. The molecule has 0 spiro atoms. The van der Waals surface area contributed by atoms with E-state index in [9.17, 15) is 15.2 Å². The van der Waals surface area contributed by atoms with Crippen LogP contribution in [0.1, 0.15) is 29.5 Å². The topological polar surface area (TPSA) is 75.4 Å². The van der Waals surface area contributed by atoms with Gasteiger partial charge < -0.3 is 10.4 Å². The molecule has 5 rings (SSSR count). The maximum Gasteiger partial charge on any atom is 0.311 e.